The van der Waals surface area contributed by atoms with Crippen LogP contribution in [0.25, 0.3) is 0 Å². The number of benzene rings is 2. The fourth-order valence-corrected chi connectivity index (χ4v) is 21.5. The number of hydrogen-bond acceptors (Lipinski definition) is 2. The predicted octanol–water partition coefficient (Wildman–Crippen LogP) is 12.0. The van der Waals surface area contributed by atoms with E-state index >= 15 is 0 Å². The van der Waals surface area contributed by atoms with Gasteiger partial charge in [0, 0.05) is 10.6 Å². The highest BCUT2D eigenvalue weighted by Gasteiger charge is 2.59. The van der Waals surface area contributed by atoms with Gasteiger partial charge in [-0.1, -0.05) is 119 Å². The van der Waals surface area contributed by atoms with Crippen molar-refractivity contribution < 1.29 is 9.47 Å². The molecule has 7 unspecified atom stereocenters. The number of ether oxygens (including phenoxy) is 2. The van der Waals surface area contributed by atoms with Crippen LogP contribution in [0, 0.1) is 23.2 Å². The molecule has 260 valence electrons. The van der Waals surface area contributed by atoms with Gasteiger partial charge in [-0.15, -0.1) is 0 Å². The van der Waals surface area contributed by atoms with Crippen LogP contribution in [0.4, 0.5) is 0 Å². The van der Waals surface area contributed by atoms with Crippen molar-refractivity contribution in [2.45, 2.75) is 159 Å². The Morgan fingerprint density at radius 3 is 2.13 bits per heavy atom. The van der Waals surface area contributed by atoms with Crippen molar-refractivity contribution in [1.29, 1.82) is 0 Å². The molecular formula is C43H66O2P2. The molecule has 3 saturated carbocycles. The lowest BCUT2D eigenvalue weighted by Crippen LogP contribution is -2.50. The normalized spacial score (nSPS) is 32.3. The number of hydrogen-bond donors (Lipinski definition) is 0. The van der Waals surface area contributed by atoms with Crippen molar-refractivity contribution in [1.82, 2.24) is 0 Å². The molecule has 0 radical (unpaired) electrons. The number of fused-ring (bicyclic) bond motifs is 10. The van der Waals surface area contributed by atoms with E-state index in [1.165, 1.54) is 88.8 Å². The summed E-state index contributed by atoms with van der Waals surface area (Å²) in [6, 6.07) is 16.3. The zero-order chi connectivity index (χ0) is 33.6. The Kier molecular flexibility index (Phi) is 10.8. The Hall–Kier alpha value is -1.10. The second-order valence-corrected chi connectivity index (χ2v) is 24.3. The molecule has 4 bridgehead atoms. The Morgan fingerprint density at radius 2 is 1.40 bits per heavy atom. The molecule has 1 aliphatic heterocycles. The largest absolute Gasteiger partial charge is 0.496 e. The summed E-state index contributed by atoms with van der Waals surface area (Å²) in [4.78, 5) is 0. The van der Waals surface area contributed by atoms with Gasteiger partial charge in [-0.3, -0.25) is 0 Å². The van der Waals surface area contributed by atoms with Crippen LogP contribution in [0.3, 0.4) is 0 Å². The van der Waals surface area contributed by atoms with E-state index in [1.807, 2.05) is 14.2 Å². The van der Waals surface area contributed by atoms with Crippen LogP contribution in [-0.2, 0) is 0 Å². The van der Waals surface area contributed by atoms with Crippen molar-refractivity contribution in [2.75, 3.05) is 14.2 Å². The van der Waals surface area contributed by atoms with Crippen molar-refractivity contribution in [2.24, 2.45) is 23.2 Å². The third-order valence-electron chi connectivity index (χ3n) is 13.3. The molecule has 0 saturated heterocycles. The first-order chi connectivity index (χ1) is 22.4. The van der Waals surface area contributed by atoms with Gasteiger partial charge in [-0.2, -0.15) is 0 Å². The van der Waals surface area contributed by atoms with Crippen LogP contribution in [0.1, 0.15) is 143 Å². The molecule has 3 fully saturated rings. The summed E-state index contributed by atoms with van der Waals surface area (Å²) < 4.78 is 12.8. The molecule has 2 aromatic rings. The molecule has 1 heterocycles. The summed E-state index contributed by atoms with van der Waals surface area (Å²) in [6.07, 6.45) is 18.3. The molecule has 0 spiro atoms. The van der Waals surface area contributed by atoms with Crippen LogP contribution in [0.5, 0.6) is 11.5 Å². The minimum Gasteiger partial charge on any atom is -0.496 e. The lowest BCUT2D eigenvalue weighted by Gasteiger charge is -2.57. The van der Waals surface area contributed by atoms with Gasteiger partial charge in [0.15, 0.2) is 0 Å². The molecule has 0 aromatic heterocycles. The lowest BCUT2D eigenvalue weighted by molar-refractivity contribution is 0.132. The third-order valence-corrected chi connectivity index (χ3v) is 20.7. The summed E-state index contributed by atoms with van der Waals surface area (Å²) >= 11 is 0. The van der Waals surface area contributed by atoms with Crippen LogP contribution < -0.4 is 20.1 Å². The van der Waals surface area contributed by atoms with Gasteiger partial charge in [-0.05, 0) is 128 Å². The van der Waals surface area contributed by atoms with Gasteiger partial charge < -0.3 is 9.47 Å². The molecule has 47 heavy (non-hydrogen) atoms. The van der Waals surface area contributed by atoms with Gasteiger partial charge in [0.25, 0.3) is 0 Å². The first kappa shape index (κ1) is 35.7. The zero-order valence-electron chi connectivity index (χ0n) is 31.4. The van der Waals surface area contributed by atoms with Crippen molar-refractivity contribution in [3.8, 4) is 11.5 Å². The monoisotopic (exact) mass is 676 g/mol. The van der Waals surface area contributed by atoms with Gasteiger partial charge in [-0.25, -0.2) is 0 Å². The molecule has 4 heteroatoms. The standard InChI is InChI=1S/C43H66O2P2/c1-30(47(41(2,3)4)42(5,6)7)43-28-16-23-39(43)46(38-22-14-13-20-36(38)44-8)40-35(19-15-21-37(40)45-9)33-25-24-32(29-33)31-17-11-10-12-18-34(43)27-26-31/h13-15,19-22,30-34,39H,10-12,16-18,23-29H2,1-9H3/t30?,31?,32?,33-,34?,39?,43?,46?/m1/s1. The quantitative estimate of drug-likeness (QED) is 0.294. The van der Waals surface area contributed by atoms with E-state index in [1.54, 1.807) is 10.9 Å². The fraction of sp³-hybridized carbons (Fsp3) is 0.721. The van der Waals surface area contributed by atoms with Crippen LogP contribution in [0.15, 0.2) is 42.5 Å². The van der Waals surface area contributed by atoms with E-state index < -0.39 is 7.92 Å². The molecule has 4 aliphatic rings. The molecule has 6 rings (SSSR count). The second kappa shape index (κ2) is 14.3. The first-order valence-electron chi connectivity index (χ1n) is 19.3. The molecule has 0 amide bonds. The molecule has 0 N–H and O–H groups in total. The lowest BCUT2D eigenvalue weighted by atomic mass is 9.66. The highest BCUT2D eigenvalue weighted by molar-refractivity contribution is 7.74. The first-order valence-corrected chi connectivity index (χ1v) is 22.1. The number of methoxy groups -OCH3 is 2. The maximum Gasteiger partial charge on any atom is 0.127 e. The van der Waals surface area contributed by atoms with Gasteiger partial charge in [0.2, 0.25) is 0 Å². The number of rotatable bonds is 5. The maximum absolute atomic E-state index is 6.47. The van der Waals surface area contributed by atoms with Gasteiger partial charge in [0.1, 0.15) is 11.5 Å². The Morgan fingerprint density at radius 1 is 0.723 bits per heavy atom. The van der Waals surface area contributed by atoms with Crippen LogP contribution in [0.2, 0.25) is 0 Å². The average molecular weight is 677 g/mol. The predicted molar refractivity (Wildman–Crippen MR) is 208 cm³/mol. The van der Waals surface area contributed by atoms with E-state index in [-0.39, 0.29) is 7.92 Å². The van der Waals surface area contributed by atoms with E-state index in [2.05, 4.69) is 90.9 Å². The summed E-state index contributed by atoms with van der Waals surface area (Å²) in [7, 11) is 2.81. The van der Waals surface area contributed by atoms with E-state index in [0.717, 1.165) is 29.3 Å². The zero-order valence-corrected chi connectivity index (χ0v) is 33.2. The molecule has 2 nitrogen and oxygen atoms in total. The second-order valence-electron chi connectivity index (χ2n) is 17.8. The topological polar surface area (TPSA) is 18.5 Å². The fourth-order valence-electron chi connectivity index (χ4n) is 12.1. The molecule has 8 atom stereocenters. The number of para-hydroxylation sites is 1. The van der Waals surface area contributed by atoms with Crippen molar-refractivity contribution >= 4 is 26.5 Å². The Bertz CT molecular complexity index is 1340. The summed E-state index contributed by atoms with van der Waals surface area (Å²) in [6.45, 7) is 18.2. The molecule has 2 aromatic carbocycles. The van der Waals surface area contributed by atoms with E-state index in [0.29, 0.717) is 33.0 Å². The van der Waals surface area contributed by atoms with Crippen molar-refractivity contribution in [3.05, 3.63) is 48.0 Å². The molecule has 3 aliphatic carbocycles. The summed E-state index contributed by atoms with van der Waals surface area (Å²) in [5.41, 5.74) is 3.24. The highest BCUT2D eigenvalue weighted by Crippen LogP contribution is 2.74. The minimum atomic E-state index is -0.737. The van der Waals surface area contributed by atoms with Gasteiger partial charge in [0.05, 0.1) is 14.2 Å². The van der Waals surface area contributed by atoms with Crippen LogP contribution in [-0.4, -0.2) is 35.8 Å². The highest BCUT2D eigenvalue weighted by atomic mass is 31.1. The van der Waals surface area contributed by atoms with E-state index in [4.69, 9.17) is 9.47 Å². The smallest absolute Gasteiger partial charge is 0.127 e. The molecular weight excluding hydrogens is 610 g/mol. The average Bonchev–Trinajstić information content (AvgIpc) is 3.70. The van der Waals surface area contributed by atoms with Crippen molar-refractivity contribution in [3.63, 3.8) is 0 Å². The third kappa shape index (κ3) is 6.72. The van der Waals surface area contributed by atoms with E-state index in [9.17, 15) is 0 Å². The van der Waals surface area contributed by atoms with Gasteiger partial charge >= 0.3 is 0 Å². The Labute approximate surface area is 291 Å². The summed E-state index contributed by atoms with van der Waals surface area (Å²) in [5.74, 6) is 5.44. The Balaban J connectivity index is 1.68. The maximum atomic E-state index is 6.47. The SMILES string of the molecule is COc1ccccc1P1c2c(OC)cccc2[C@@H]2CCC(C2)C2CCCCCC(CC2)C2(C(C)P(C(C)(C)C)C(C)(C)C)CCCC12. The summed E-state index contributed by atoms with van der Waals surface area (Å²) in [5, 5.41) is 3.62. The minimum absolute atomic E-state index is 0.288. The van der Waals surface area contributed by atoms with Crippen LogP contribution >= 0.6 is 15.8 Å².